The van der Waals surface area contributed by atoms with Gasteiger partial charge in [0.15, 0.2) is 11.5 Å². The molecule has 30 heavy (non-hydrogen) atoms. The molecule has 0 aliphatic carbocycles. The number of phenols is 1. The van der Waals surface area contributed by atoms with Crippen molar-refractivity contribution in [2.45, 2.75) is 11.8 Å². The highest BCUT2D eigenvalue weighted by Crippen LogP contribution is 2.27. The molecule has 0 atom stereocenters. The molecule has 0 unspecified atom stereocenters. The second kappa shape index (κ2) is 9.24. The molecule has 0 bridgehead atoms. The number of hydrogen-bond donors (Lipinski definition) is 2. The van der Waals surface area contributed by atoms with Gasteiger partial charge in [-0.15, -0.1) is 11.3 Å². The van der Waals surface area contributed by atoms with Crippen molar-refractivity contribution in [1.82, 2.24) is 9.29 Å². The Labute approximate surface area is 179 Å². The zero-order valence-corrected chi connectivity index (χ0v) is 18.4. The lowest BCUT2D eigenvalue weighted by Gasteiger charge is -2.11. The first-order chi connectivity index (χ1) is 14.3. The predicted molar refractivity (Wildman–Crippen MR) is 119 cm³/mol. The van der Waals surface area contributed by atoms with Gasteiger partial charge >= 0.3 is 0 Å². The average molecular weight is 447 g/mol. The summed E-state index contributed by atoms with van der Waals surface area (Å²) < 4.78 is 30.9. The molecule has 1 aromatic heterocycles. The summed E-state index contributed by atoms with van der Waals surface area (Å²) in [4.78, 5) is 4.70. The third-order valence-electron chi connectivity index (χ3n) is 4.09. The number of nitrogens with zero attached hydrogens (tertiary/aromatic N) is 3. The van der Waals surface area contributed by atoms with Crippen LogP contribution < -0.4 is 10.2 Å². The Hall–Kier alpha value is -2.95. The Morgan fingerprint density at radius 3 is 2.63 bits per heavy atom. The average Bonchev–Trinajstić information content (AvgIpc) is 3.19. The zero-order valence-electron chi connectivity index (χ0n) is 16.7. The topological polar surface area (TPSA) is 104 Å². The molecule has 0 saturated heterocycles. The molecule has 0 aliphatic rings. The first kappa shape index (κ1) is 21.8. The molecule has 3 rings (SSSR count). The van der Waals surface area contributed by atoms with E-state index < -0.39 is 10.0 Å². The second-order valence-corrected chi connectivity index (χ2v) is 9.39. The minimum atomic E-state index is -3.46. The van der Waals surface area contributed by atoms with E-state index in [1.165, 1.54) is 29.7 Å². The lowest BCUT2D eigenvalue weighted by atomic mass is 10.2. The zero-order chi connectivity index (χ0) is 21.7. The molecule has 0 fully saturated rings. The molecular weight excluding hydrogens is 424 g/mol. The number of aromatic hydroxyl groups is 1. The minimum Gasteiger partial charge on any atom is -0.504 e. The first-order valence-electron chi connectivity index (χ1n) is 9.04. The Morgan fingerprint density at radius 2 is 1.97 bits per heavy atom. The van der Waals surface area contributed by atoms with Crippen molar-refractivity contribution in [1.29, 1.82) is 0 Å². The molecule has 1 heterocycles. The fourth-order valence-corrected chi connectivity index (χ4v) is 4.08. The van der Waals surface area contributed by atoms with Crippen molar-refractivity contribution in [2.24, 2.45) is 5.10 Å². The van der Waals surface area contributed by atoms with Crippen LogP contribution >= 0.6 is 11.3 Å². The predicted octanol–water partition coefficient (Wildman–Crippen LogP) is 3.61. The summed E-state index contributed by atoms with van der Waals surface area (Å²) in [6, 6.07) is 11.6. The van der Waals surface area contributed by atoms with E-state index in [-0.39, 0.29) is 10.6 Å². The summed E-state index contributed by atoms with van der Waals surface area (Å²) in [5.74, 6) is 0.480. The smallest absolute Gasteiger partial charge is 0.242 e. The molecule has 0 amide bonds. The maximum Gasteiger partial charge on any atom is 0.242 e. The number of ether oxygens (including phenoxy) is 1. The van der Waals surface area contributed by atoms with Crippen molar-refractivity contribution in [2.75, 3.05) is 26.1 Å². The van der Waals surface area contributed by atoms with Crippen molar-refractivity contribution in [3.8, 4) is 22.8 Å². The summed E-state index contributed by atoms with van der Waals surface area (Å²) in [7, 11) is -0.463. The number of thiazole rings is 1. The lowest BCUT2D eigenvalue weighted by molar-refractivity contribution is 0.318. The number of nitrogens with one attached hydrogen (secondary N) is 1. The SMILES string of the molecule is CCOc1cc(/C=N/Nc2nc(-c3ccc(S(=O)(=O)N(C)C)cc3)cs2)ccc1O. The summed E-state index contributed by atoms with van der Waals surface area (Å²) >= 11 is 1.38. The van der Waals surface area contributed by atoms with Crippen LogP contribution in [0, 0.1) is 0 Å². The third-order valence-corrected chi connectivity index (χ3v) is 6.67. The number of hydrogen-bond acceptors (Lipinski definition) is 8. The molecule has 0 aliphatic heterocycles. The molecule has 3 aromatic rings. The van der Waals surface area contributed by atoms with Gasteiger partial charge in [-0.05, 0) is 42.8 Å². The van der Waals surface area contributed by atoms with Crippen molar-refractivity contribution in [3.05, 3.63) is 53.4 Å². The van der Waals surface area contributed by atoms with E-state index in [9.17, 15) is 13.5 Å². The number of rotatable bonds is 8. The number of hydrazone groups is 1. The van der Waals surface area contributed by atoms with Gasteiger partial charge < -0.3 is 9.84 Å². The van der Waals surface area contributed by atoms with E-state index in [1.807, 2.05) is 12.3 Å². The molecule has 0 radical (unpaired) electrons. The highest BCUT2D eigenvalue weighted by molar-refractivity contribution is 7.89. The Bertz CT molecular complexity index is 1140. The summed E-state index contributed by atoms with van der Waals surface area (Å²) in [5.41, 5.74) is 5.16. The Balaban J connectivity index is 1.68. The van der Waals surface area contributed by atoms with Crippen LogP contribution in [0.3, 0.4) is 0 Å². The van der Waals surface area contributed by atoms with Crippen LogP contribution in [-0.2, 0) is 10.0 Å². The molecule has 8 nitrogen and oxygen atoms in total. The van der Waals surface area contributed by atoms with Crippen LogP contribution in [0.1, 0.15) is 12.5 Å². The quantitative estimate of drug-likeness (QED) is 0.405. The van der Waals surface area contributed by atoms with Crippen LogP contribution in [0.2, 0.25) is 0 Å². The number of anilines is 1. The minimum absolute atomic E-state index is 0.0796. The van der Waals surface area contributed by atoms with Gasteiger partial charge in [0, 0.05) is 25.0 Å². The molecule has 0 saturated carbocycles. The van der Waals surface area contributed by atoms with Crippen molar-refractivity contribution in [3.63, 3.8) is 0 Å². The summed E-state index contributed by atoms with van der Waals surface area (Å²) in [5, 5.41) is 16.4. The van der Waals surface area contributed by atoms with Crippen LogP contribution in [0.25, 0.3) is 11.3 Å². The molecule has 158 valence electrons. The Kier molecular flexibility index (Phi) is 6.70. The maximum atomic E-state index is 12.2. The summed E-state index contributed by atoms with van der Waals surface area (Å²) in [6.45, 7) is 2.30. The number of sulfonamides is 1. The van der Waals surface area contributed by atoms with Crippen LogP contribution in [0.4, 0.5) is 5.13 Å². The van der Waals surface area contributed by atoms with Gasteiger partial charge in [-0.25, -0.2) is 17.7 Å². The van der Waals surface area contributed by atoms with Gasteiger partial charge in [-0.3, -0.25) is 5.43 Å². The third kappa shape index (κ3) is 4.96. The molecule has 10 heteroatoms. The van der Waals surface area contributed by atoms with Crippen LogP contribution in [0.5, 0.6) is 11.5 Å². The molecule has 2 aromatic carbocycles. The second-order valence-electron chi connectivity index (χ2n) is 6.38. The van der Waals surface area contributed by atoms with E-state index >= 15 is 0 Å². The Morgan fingerprint density at radius 1 is 1.23 bits per heavy atom. The van der Waals surface area contributed by atoms with E-state index in [0.717, 1.165) is 16.8 Å². The maximum absolute atomic E-state index is 12.2. The highest BCUT2D eigenvalue weighted by Gasteiger charge is 2.17. The van der Waals surface area contributed by atoms with Crippen molar-refractivity contribution < 1.29 is 18.3 Å². The van der Waals surface area contributed by atoms with Gasteiger partial charge in [0.05, 0.1) is 23.4 Å². The fourth-order valence-electron chi connectivity index (χ4n) is 2.51. The fraction of sp³-hybridized carbons (Fsp3) is 0.200. The van der Waals surface area contributed by atoms with Crippen molar-refractivity contribution >= 4 is 32.7 Å². The normalized spacial score (nSPS) is 11.9. The lowest BCUT2D eigenvalue weighted by Crippen LogP contribution is -2.22. The highest BCUT2D eigenvalue weighted by atomic mass is 32.2. The number of aromatic nitrogens is 1. The molecule has 2 N–H and O–H groups in total. The van der Waals surface area contributed by atoms with E-state index in [1.54, 1.807) is 48.7 Å². The van der Waals surface area contributed by atoms with Crippen LogP contribution in [-0.4, -0.2) is 49.7 Å². The standard InChI is InChI=1S/C20H22N4O4S2/c1-4-28-19-11-14(5-10-18(19)25)12-21-23-20-22-17(13-29-20)15-6-8-16(9-7-15)30(26,27)24(2)3/h5-13,25H,4H2,1-3H3,(H,22,23)/b21-12+. The van der Waals surface area contributed by atoms with Gasteiger partial charge in [-0.2, -0.15) is 5.10 Å². The monoisotopic (exact) mass is 446 g/mol. The van der Waals surface area contributed by atoms with E-state index in [2.05, 4.69) is 15.5 Å². The van der Waals surface area contributed by atoms with Gasteiger partial charge in [0.2, 0.25) is 15.2 Å². The summed E-state index contributed by atoms with van der Waals surface area (Å²) in [6.07, 6.45) is 1.60. The number of phenolic OH excluding ortho intramolecular Hbond substituents is 1. The molecular formula is C20H22N4O4S2. The van der Waals surface area contributed by atoms with Gasteiger partial charge in [0.1, 0.15) is 0 Å². The van der Waals surface area contributed by atoms with E-state index in [4.69, 9.17) is 4.74 Å². The first-order valence-corrected chi connectivity index (χ1v) is 11.4. The van der Waals surface area contributed by atoms with E-state index in [0.29, 0.717) is 17.5 Å². The molecule has 0 spiro atoms. The largest absolute Gasteiger partial charge is 0.504 e. The van der Waals surface area contributed by atoms with Gasteiger partial charge in [-0.1, -0.05) is 12.1 Å². The number of benzene rings is 2. The van der Waals surface area contributed by atoms with Gasteiger partial charge in [0.25, 0.3) is 0 Å². The van der Waals surface area contributed by atoms with Crippen LogP contribution in [0.15, 0.2) is 57.8 Å².